The van der Waals surface area contributed by atoms with E-state index >= 15 is 0 Å². The van der Waals surface area contributed by atoms with E-state index in [9.17, 15) is 4.79 Å². The van der Waals surface area contributed by atoms with Crippen molar-refractivity contribution >= 4 is 12.1 Å². The second-order valence-corrected chi connectivity index (χ2v) is 6.84. The maximum absolute atomic E-state index is 12.7. The molecule has 2 aliphatic rings. The van der Waals surface area contributed by atoms with Gasteiger partial charge in [-0.1, -0.05) is 44.2 Å². The molecule has 0 N–H and O–H groups in total. The molecule has 0 unspecified atom stereocenters. The number of likely N-dealkylation sites (tertiary alicyclic amines) is 1. The molecule has 1 amide bonds. The van der Waals surface area contributed by atoms with Gasteiger partial charge in [0.05, 0.1) is 12.6 Å². The molecule has 4 nitrogen and oxygen atoms in total. The van der Waals surface area contributed by atoms with Crippen LogP contribution in [-0.4, -0.2) is 41.7 Å². The van der Waals surface area contributed by atoms with Crippen molar-refractivity contribution in [1.29, 1.82) is 0 Å². The molecule has 1 fully saturated rings. The lowest BCUT2D eigenvalue weighted by Gasteiger charge is -2.35. The molecule has 1 saturated heterocycles. The van der Waals surface area contributed by atoms with Crippen molar-refractivity contribution in [2.75, 3.05) is 19.6 Å². The Balaban J connectivity index is 1.65. The van der Waals surface area contributed by atoms with Crippen molar-refractivity contribution in [3.8, 4) is 0 Å². The van der Waals surface area contributed by atoms with Crippen LogP contribution in [0.5, 0.6) is 0 Å². The molecule has 0 radical (unpaired) electrons. The van der Waals surface area contributed by atoms with Gasteiger partial charge in [0.1, 0.15) is 0 Å². The number of hydrogen-bond donors (Lipinski definition) is 0. The Morgan fingerprint density at radius 2 is 1.86 bits per heavy atom. The lowest BCUT2D eigenvalue weighted by Crippen LogP contribution is -2.44. The summed E-state index contributed by atoms with van der Waals surface area (Å²) < 4.78 is 0. The Bertz CT molecular complexity index is 533. The molecular formula is C18H25N3O. The standard InChI is InChI=1S/C18H25N3O/c1-14-10-15(2)12-20(11-14)13-18(22)21-17(8-9-19-21)16-6-4-3-5-7-16/h3-7,9,14-15,17H,8,10-13H2,1-2H3/t14-,15+,17-/m0/s1. The van der Waals surface area contributed by atoms with Gasteiger partial charge in [0.15, 0.2) is 0 Å². The van der Waals surface area contributed by atoms with Gasteiger partial charge in [-0.15, -0.1) is 0 Å². The molecular weight excluding hydrogens is 274 g/mol. The molecule has 1 aromatic rings. The topological polar surface area (TPSA) is 35.9 Å². The maximum atomic E-state index is 12.7. The third-order valence-corrected chi connectivity index (χ3v) is 4.57. The second kappa shape index (κ2) is 6.61. The third-order valence-electron chi connectivity index (χ3n) is 4.57. The van der Waals surface area contributed by atoms with Gasteiger partial charge >= 0.3 is 0 Å². The number of benzene rings is 1. The highest BCUT2D eigenvalue weighted by molar-refractivity contribution is 5.81. The molecule has 118 valence electrons. The van der Waals surface area contributed by atoms with Crippen molar-refractivity contribution in [1.82, 2.24) is 9.91 Å². The summed E-state index contributed by atoms with van der Waals surface area (Å²) in [5.74, 6) is 1.45. The number of nitrogens with zero attached hydrogens (tertiary/aromatic N) is 3. The van der Waals surface area contributed by atoms with Crippen LogP contribution in [0.15, 0.2) is 35.4 Å². The normalized spacial score (nSPS) is 29.0. The van der Waals surface area contributed by atoms with Gasteiger partial charge in [0.2, 0.25) is 0 Å². The van der Waals surface area contributed by atoms with Crippen LogP contribution >= 0.6 is 0 Å². The average molecular weight is 299 g/mol. The number of hydrazone groups is 1. The first-order valence-corrected chi connectivity index (χ1v) is 8.25. The van der Waals surface area contributed by atoms with Crippen LogP contribution in [0.4, 0.5) is 0 Å². The minimum Gasteiger partial charge on any atom is -0.294 e. The Labute approximate surface area is 132 Å². The third kappa shape index (κ3) is 3.38. The Morgan fingerprint density at radius 3 is 2.55 bits per heavy atom. The number of amides is 1. The van der Waals surface area contributed by atoms with Gasteiger partial charge in [0.25, 0.3) is 5.91 Å². The number of carbonyl (C=O) groups excluding carboxylic acids is 1. The van der Waals surface area contributed by atoms with Crippen LogP contribution in [0, 0.1) is 11.8 Å². The first kappa shape index (κ1) is 15.2. The summed E-state index contributed by atoms with van der Waals surface area (Å²) in [5.41, 5.74) is 1.16. The fraction of sp³-hybridized carbons (Fsp3) is 0.556. The molecule has 0 bridgehead atoms. The highest BCUT2D eigenvalue weighted by atomic mass is 16.2. The summed E-state index contributed by atoms with van der Waals surface area (Å²) in [6.45, 7) is 7.06. The van der Waals surface area contributed by atoms with Crippen molar-refractivity contribution in [3.63, 3.8) is 0 Å². The van der Waals surface area contributed by atoms with Crippen molar-refractivity contribution in [2.45, 2.75) is 32.7 Å². The summed E-state index contributed by atoms with van der Waals surface area (Å²) in [6.07, 6.45) is 3.93. The van der Waals surface area contributed by atoms with Crippen molar-refractivity contribution in [3.05, 3.63) is 35.9 Å². The van der Waals surface area contributed by atoms with Gasteiger partial charge < -0.3 is 0 Å². The monoisotopic (exact) mass is 299 g/mol. The fourth-order valence-electron chi connectivity index (χ4n) is 3.79. The zero-order valence-electron chi connectivity index (χ0n) is 13.5. The molecule has 0 spiro atoms. The van der Waals surface area contributed by atoms with E-state index in [4.69, 9.17) is 0 Å². The first-order valence-electron chi connectivity index (χ1n) is 8.25. The number of hydrogen-bond acceptors (Lipinski definition) is 3. The molecule has 2 aliphatic heterocycles. The van der Waals surface area contributed by atoms with Gasteiger partial charge in [-0.05, 0) is 23.8 Å². The largest absolute Gasteiger partial charge is 0.294 e. The Morgan fingerprint density at radius 1 is 1.18 bits per heavy atom. The molecule has 4 heteroatoms. The van der Waals surface area contributed by atoms with Crippen molar-refractivity contribution < 1.29 is 4.79 Å². The minimum absolute atomic E-state index is 0.0633. The van der Waals surface area contributed by atoms with Crippen LogP contribution in [0.2, 0.25) is 0 Å². The smallest absolute Gasteiger partial charge is 0.257 e. The molecule has 1 aromatic carbocycles. The van der Waals surface area contributed by atoms with E-state index in [0.29, 0.717) is 18.4 Å². The molecule has 0 aliphatic carbocycles. The quantitative estimate of drug-likeness (QED) is 0.860. The second-order valence-electron chi connectivity index (χ2n) is 6.84. The average Bonchev–Trinajstić information content (AvgIpc) is 2.96. The van der Waals surface area contributed by atoms with Crippen LogP contribution in [0.25, 0.3) is 0 Å². The van der Waals surface area contributed by atoms with Gasteiger partial charge in [0, 0.05) is 25.7 Å². The van der Waals surface area contributed by atoms with Gasteiger partial charge in [-0.3, -0.25) is 9.69 Å². The van der Waals surface area contributed by atoms with Gasteiger partial charge in [-0.2, -0.15) is 5.10 Å². The SMILES string of the molecule is C[C@@H]1C[C@H](C)CN(CC(=O)N2N=CC[C@H]2c2ccccc2)C1. The summed E-state index contributed by atoms with van der Waals surface area (Å²) in [5, 5.41) is 6.01. The lowest BCUT2D eigenvalue weighted by atomic mass is 9.92. The van der Waals surface area contributed by atoms with E-state index < -0.39 is 0 Å². The van der Waals surface area contributed by atoms with Crippen LogP contribution in [-0.2, 0) is 4.79 Å². The fourth-order valence-corrected chi connectivity index (χ4v) is 3.79. The lowest BCUT2D eigenvalue weighted by molar-refractivity contribution is -0.134. The highest BCUT2D eigenvalue weighted by Crippen LogP contribution is 2.28. The Hall–Kier alpha value is -1.68. The van der Waals surface area contributed by atoms with E-state index in [0.717, 1.165) is 25.1 Å². The summed E-state index contributed by atoms with van der Waals surface area (Å²) in [6, 6.07) is 10.2. The number of carbonyl (C=O) groups is 1. The molecule has 0 aromatic heterocycles. The number of piperidine rings is 1. The van der Waals surface area contributed by atoms with E-state index in [1.165, 1.54) is 6.42 Å². The summed E-state index contributed by atoms with van der Waals surface area (Å²) in [4.78, 5) is 15.0. The zero-order chi connectivity index (χ0) is 15.5. The molecule has 3 atom stereocenters. The maximum Gasteiger partial charge on any atom is 0.257 e. The van der Waals surface area contributed by atoms with Gasteiger partial charge in [-0.25, -0.2) is 5.01 Å². The minimum atomic E-state index is 0.0633. The first-order chi connectivity index (χ1) is 10.6. The zero-order valence-corrected chi connectivity index (χ0v) is 13.5. The van der Waals surface area contributed by atoms with Crippen molar-refractivity contribution in [2.24, 2.45) is 16.9 Å². The predicted molar refractivity (Wildman–Crippen MR) is 88.5 cm³/mol. The van der Waals surface area contributed by atoms with Crippen LogP contribution < -0.4 is 0 Å². The molecule has 22 heavy (non-hydrogen) atoms. The van der Waals surface area contributed by atoms with E-state index in [1.807, 2.05) is 24.4 Å². The highest BCUT2D eigenvalue weighted by Gasteiger charge is 2.30. The predicted octanol–water partition coefficient (Wildman–Crippen LogP) is 2.92. The molecule has 3 rings (SSSR count). The van der Waals surface area contributed by atoms with E-state index in [2.05, 4.69) is 36.0 Å². The summed E-state index contributed by atoms with van der Waals surface area (Å²) in [7, 11) is 0. The van der Waals surface area contributed by atoms with E-state index in [-0.39, 0.29) is 11.9 Å². The summed E-state index contributed by atoms with van der Waals surface area (Å²) >= 11 is 0. The van der Waals surface area contributed by atoms with Crippen LogP contribution in [0.1, 0.15) is 38.3 Å². The van der Waals surface area contributed by atoms with Crippen LogP contribution in [0.3, 0.4) is 0 Å². The molecule has 2 heterocycles. The molecule has 0 saturated carbocycles. The Kier molecular flexibility index (Phi) is 4.57. The number of rotatable bonds is 3. The van der Waals surface area contributed by atoms with E-state index in [1.54, 1.807) is 5.01 Å².